The fourth-order valence-electron chi connectivity index (χ4n) is 1.83. The van der Waals surface area contributed by atoms with Gasteiger partial charge in [-0.25, -0.2) is 4.39 Å². The van der Waals surface area contributed by atoms with E-state index in [9.17, 15) is 4.39 Å². The Morgan fingerprint density at radius 3 is 2.76 bits per heavy atom. The van der Waals surface area contributed by atoms with Crippen molar-refractivity contribution in [3.05, 3.63) is 58.3 Å². The van der Waals surface area contributed by atoms with Crippen molar-refractivity contribution in [3.8, 4) is 0 Å². The van der Waals surface area contributed by atoms with E-state index in [0.717, 1.165) is 26.4 Å². The zero-order valence-electron chi connectivity index (χ0n) is 11.7. The molecule has 0 saturated carbocycles. The third-order valence-corrected chi connectivity index (χ3v) is 5.03. The Morgan fingerprint density at radius 1 is 1.19 bits per heavy atom. The van der Waals surface area contributed by atoms with Gasteiger partial charge in [0.2, 0.25) is 0 Å². The summed E-state index contributed by atoms with van der Waals surface area (Å²) in [7, 11) is 1.66. The monoisotopic (exact) mass is 369 g/mol. The van der Waals surface area contributed by atoms with Gasteiger partial charge in [-0.3, -0.25) is 0 Å². The van der Waals surface area contributed by atoms with Crippen molar-refractivity contribution >= 4 is 27.7 Å². The lowest BCUT2D eigenvalue weighted by molar-refractivity contribution is 0.199. The predicted octanol–water partition coefficient (Wildman–Crippen LogP) is 4.48. The third kappa shape index (κ3) is 5.11. The van der Waals surface area contributed by atoms with E-state index < -0.39 is 0 Å². The van der Waals surface area contributed by atoms with Crippen LogP contribution in [-0.4, -0.2) is 20.3 Å². The van der Waals surface area contributed by atoms with Gasteiger partial charge in [0.05, 0.1) is 6.61 Å². The highest BCUT2D eigenvalue weighted by atomic mass is 79.9. The number of halogens is 2. The van der Waals surface area contributed by atoms with Crippen molar-refractivity contribution in [1.82, 2.24) is 5.32 Å². The quantitative estimate of drug-likeness (QED) is 0.727. The number of methoxy groups -OCH3 is 1. The Kier molecular flexibility index (Phi) is 6.70. The van der Waals surface area contributed by atoms with Crippen LogP contribution in [0.25, 0.3) is 0 Å². The lowest BCUT2D eigenvalue weighted by Gasteiger charge is -2.11. The lowest BCUT2D eigenvalue weighted by atomic mass is 10.2. The molecule has 0 aromatic heterocycles. The fourth-order valence-corrected chi connectivity index (χ4v) is 3.30. The fraction of sp³-hybridized carbons (Fsp3) is 0.250. The molecule has 2 aromatic carbocycles. The van der Waals surface area contributed by atoms with E-state index in [1.54, 1.807) is 24.9 Å². The number of nitrogens with one attached hydrogen (secondary N) is 1. The number of hydrogen-bond donors (Lipinski definition) is 1. The molecular formula is C16H17BrFNOS. The molecule has 0 aliphatic heterocycles. The second-order valence-electron chi connectivity index (χ2n) is 4.45. The van der Waals surface area contributed by atoms with E-state index in [1.165, 1.54) is 6.07 Å². The molecule has 0 aliphatic rings. The Hall–Kier alpha value is -0.880. The summed E-state index contributed by atoms with van der Waals surface area (Å²) in [6.07, 6.45) is 0. The second-order valence-corrected chi connectivity index (χ2v) is 6.39. The van der Waals surface area contributed by atoms with Gasteiger partial charge in [-0.2, -0.15) is 0 Å². The summed E-state index contributed by atoms with van der Waals surface area (Å²) >= 11 is 5.17. The summed E-state index contributed by atoms with van der Waals surface area (Å²) < 4.78 is 19.5. The van der Waals surface area contributed by atoms with Crippen molar-refractivity contribution in [2.75, 3.05) is 20.3 Å². The van der Waals surface area contributed by atoms with Gasteiger partial charge >= 0.3 is 0 Å². The highest BCUT2D eigenvalue weighted by molar-refractivity contribution is 9.10. The van der Waals surface area contributed by atoms with Crippen molar-refractivity contribution in [1.29, 1.82) is 0 Å². The van der Waals surface area contributed by atoms with Crippen LogP contribution < -0.4 is 5.32 Å². The SMILES string of the molecule is COCCNCc1cc(F)ccc1Sc1ccccc1Br. The normalized spacial score (nSPS) is 10.8. The summed E-state index contributed by atoms with van der Waals surface area (Å²) in [6, 6.07) is 12.9. The van der Waals surface area contributed by atoms with Crippen LogP contribution in [0.5, 0.6) is 0 Å². The van der Waals surface area contributed by atoms with Gasteiger partial charge in [0, 0.05) is 34.5 Å². The minimum atomic E-state index is -0.213. The lowest BCUT2D eigenvalue weighted by Crippen LogP contribution is -2.19. The summed E-state index contributed by atoms with van der Waals surface area (Å²) in [6.45, 7) is 2.00. The Balaban J connectivity index is 2.13. The molecule has 0 spiro atoms. The number of hydrogen-bond acceptors (Lipinski definition) is 3. The summed E-state index contributed by atoms with van der Waals surface area (Å²) in [5.41, 5.74) is 0.951. The van der Waals surface area contributed by atoms with Gasteiger partial charge < -0.3 is 10.1 Å². The number of rotatable bonds is 7. The van der Waals surface area contributed by atoms with Crippen LogP contribution in [0.4, 0.5) is 4.39 Å². The van der Waals surface area contributed by atoms with Crippen LogP contribution in [0.1, 0.15) is 5.56 Å². The van der Waals surface area contributed by atoms with Crippen LogP contribution in [0.2, 0.25) is 0 Å². The van der Waals surface area contributed by atoms with E-state index >= 15 is 0 Å². The van der Waals surface area contributed by atoms with Gasteiger partial charge in [-0.15, -0.1) is 0 Å². The molecule has 0 heterocycles. The zero-order valence-corrected chi connectivity index (χ0v) is 14.1. The molecule has 5 heteroatoms. The van der Waals surface area contributed by atoms with Crippen LogP contribution in [0, 0.1) is 5.82 Å². The summed E-state index contributed by atoms with van der Waals surface area (Å²) in [5.74, 6) is -0.213. The van der Waals surface area contributed by atoms with E-state index in [4.69, 9.17) is 4.74 Å². The predicted molar refractivity (Wildman–Crippen MR) is 88.2 cm³/mol. The maximum Gasteiger partial charge on any atom is 0.123 e. The molecule has 2 aromatic rings. The molecule has 2 nitrogen and oxygen atoms in total. The average Bonchev–Trinajstić information content (AvgIpc) is 2.48. The first kappa shape index (κ1) is 16.5. The molecule has 0 bridgehead atoms. The van der Waals surface area contributed by atoms with Crippen molar-refractivity contribution < 1.29 is 9.13 Å². The molecule has 0 aliphatic carbocycles. The van der Waals surface area contributed by atoms with Gasteiger partial charge in [-0.1, -0.05) is 23.9 Å². The van der Waals surface area contributed by atoms with Crippen LogP contribution >= 0.6 is 27.7 Å². The molecule has 0 saturated heterocycles. The Labute approximate surface area is 137 Å². The van der Waals surface area contributed by atoms with Crippen LogP contribution in [0.3, 0.4) is 0 Å². The van der Waals surface area contributed by atoms with E-state index in [1.807, 2.05) is 30.3 Å². The zero-order chi connectivity index (χ0) is 15.1. The maximum absolute atomic E-state index is 13.5. The Bertz CT molecular complexity index is 594. The van der Waals surface area contributed by atoms with Crippen LogP contribution in [-0.2, 0) is 11.3 Å². The van der Waals surface area contributed by atoms with Gasteiger partial charge in [-0.05, 0) is 51.8 Å². The average molecular weight is 370 g/mol. The number of benzene rings is 2. The number of ether oxygens (including phenoxy) is 1. The van der Waals surface area contributed by atoms with Crippen molar-refractivity contribution in [2.45, 2.75) is 16.3 Å². The van der Waals surface area contributed by atoms with E-state index in [0.29, 0.717) is 13.2 Å². The summed E-state index contributed by atoms with van der Waals surface area (Å²) in [4.78, 5) is 2.16. The molecule has 0 atom stereocenters. The molecule has 0 unspecified atom stereocenters. The molecular weight excluding hydrogens is 353 g/mol. The second kappa shape index (κ2) is 8.54. The Morgan fingerprint density at radius 2 is 2.00 bits per heavy atom. The maximum atomic E-state index is 13.5. The topological polar surface area (TPSA) is 21.3 Å². The highest BCUT2D eigenvalue weighted by Gasteiger charge is 2.08. The first-order valence-corrected chi connectivity index (χ1v) is 8.22. The molecule has 0 amide bonds. The first-order valence-electron chi connectivity index (χ1n) is 6.61. The molecule has 2 rings (SSSR count). The van der Waals surface area contributed by atoms with Gasteiger partial charge in [0.25, 0.3) is 0 Å². The summed E-state index contributed by atoms with van der Waals surface area (Å²) in [5, 5.41) is 3.25. The van der Waals surface area contributed by atoms with Crippen molar-refractivity contribution in [2.24, 2.45) is 0 Å². The minimum absolute atomic E-state index is 0.213. The van der Waals surface area contributed by atoms with Crippen LogP contribution in [0.15, 0.2) is 56.7 Å². The molecule has 0 fully saturated rings. The molecule has 21 heavy (non-hydrogen) atoms. The minimum Gasteiger partial charge on any atom is -0.383 e. The standard InChI is InChI=1S/C16H17BrFNOS/c1-20-9-8-19-11-12-10-13(18)6-7-15(12)21-16-5-3-2-4-14(16)17/h2-7,10,19H,8-9,11H2,1H3. The smallest absolute Gasteiger partial charge is 0.123 e. The first-order chi connectivity index (χ1) is 10.2. The van der Waals surface area contributed by atoms with Gasteiger partial charge in [0.15, 0.2) is 0 Å². The van der Waals surface area contributed by atoms with Crippen molar-refractivity contribution in [3.63, 3.8) is 0 Å². The largest absolute Gasteiger partial charge is 0.383 e. The molecule has 112 valence electrons. The third-order valence-electron chi connectivity index (χ3n) is 2.88. The molecule has 0 radical (unpaired) electrons. The van der Waals surface area contributed by atoms with E-state index in [2.05, 4.69) is 21.2 Å². The molecule has 1 N–H and O–H groups in total. The van der Waals surface area contributed by atoms with Gasteiger partial charge in [0.1, 0.15) is 5.82 Å². The highest BCUT2D eigenvalue weighted by Crippen LogP contribution is 2.35. The van der Waals surface area contributed by atoms with E-state index in [-0.39, 0.29) is 5.82 Å².